The number of nitrogens with zero attached hydrogens (tertiary/aromatic N) is 5. The number of nitrogens with one attached hydrogen (secondary N) is 2. The molecule has 3 aromatic rings. The molecule has 2 atom stereocenters. The smallest absolute Gasteiger partial charge is 0.413 e. The molecule has 0 spiro atoms. The first-order chi connectivity index (χ1) is 21.1. The first-order valence-electron chi connectivity index (χ1n) is 14.1. The molecule has 1 aliphatic carbocycles. The Morgan fingerprint density at radius 3 is 2.59 bits per heavy atom. The van der Waals surface area contributed by atoms with E-state index in [9.17, 15) is 24.3 Å². The molecule has 0 fully saturated rings. The van der Waals surface area contributed by atoms with Gasteiger partial charge < -0.3 is 30.9 Å². The van der Waals surface area contributed by atoms with Crippen LogP contribution < -0.4 is 21.3 Å². The number of amides is 2. The Labute approximate surface area is 252 Å². The number of ether oxygens (including phenoxy) is 1. The van der Waals surface area contributed by atoms with Crippen LogP contribution in [0.1, 0.15) is 61.0 Å². The van der Waals surface area contributed by atoms with Crippen molar-refractivity contribution >= 4 is 52.6 Å². The van der Waals surface area contributed by atoms with Crippen LogP contribution in [0.25, 0.3) is 11.2 Å². The van der Waals surface area contributed by atoms with Gasteiger partial charge in [-0.3, -0.25) is 14.9 Å². The fourth-order valence-electron chi connectivity index (χ4n) is 4.58. The van der Waals surface area contributed by atoms with Crippen LogP contribution >= 0.6 is 0 Å². The topological polar surface area (TPSA) is 223 Å². The fraction of sp³-hybridized carbons (Fsp3) is 0.379. The number of carboxylic acids is 2. The maximum Gasteiger partial charge on any atom is 0.413 e. The van der Waals surface area contributed by atoms with Crippen LogP contribution in [0.5, 0.6) is 0 Å². The quantitative estimate of drug-likeness (QED) is 0.198. The van der Waals surface area contributed by atoms with E-state index in [0.29, 0.717) is 11.4 Å². The molecule has 6 N–H and O–H groups in total. The molecule has 2 heterocycles. The second-order valence-electron chi connectivity index (χ2n) is 10.3. The molecule has 0 saturated heterocycles. The predicted octanol–water partition coefficient (Wildman–Crippen LogP) is 3.12. The number of carbonyl (C=O) groups excluding carboxylic acids is 2. The van der Waals surface area contributed by atoms with Gasteiger partial charge in [0.05, 0.1) is 18.4 Å². The van der Waals surface area contributed by atoms with Gasteiger partial charge in [0, 0.05) is 24.7 Å². The lowest BCUT2D eigenvalue weighted by molar-refractivity contribution is -0.140. The van der Waals surface area contributed by atoms with Crippen molar-refractivity contribution in [3.05, 3.63) is 53.9 Å². The Hall–Kier alpha value is -5.34. The monoisotopic (exact) mass is 606 g/mol. The largest absolute Gasteiger partial charge is 0.481 e. The van der Waals surface area contributed by atoms with Gasteiger partial charge in [-0.25, -0.2) is 19.6 Å². The van der Waals surface area contributed by atoms with Crippen molar-refractivity contribution in [2.45, 2.75) is 63.6 Å². The zero-order valence-corrected chi connectivity index (χ0v) is 24.1. The summed E-state index contributed by atoms with van der Waals surface area (Å²) in [7, 11) is 1.80. The zero-order chi connectivity index (χ0) is 31.6. The van der Waals surface area contributed by atoms with E-state index in [1.54, 1.807) is 19.2 Å². The van der Waals surface area contributed by atoms with Gasteiger partial charge in [0.15, 0.2) is 17.0 Å². The maximum absolute atomic E-state index is 12.7. The number of benzene rings is 1. The molecular weight excluding hydrogens is 572 g/mol. The molecule has 4 rings (SSSR count). The summed E-state index contributed by atoms with van der Waals surface area (Å²) >= 11 is 0. The number of carbonyl (C=O) groups is 4. The number of carboxylic acid groups (broad SMARTS) is 2. The second kappa shape index (κ2) is 14.7. The summed E-state index contributed by atoms with van der Waals surface area (Å²) in [6.45, 7) is 0.284. The number of allylic oxidation sites excluding steroid dienone is 1. The minimum Gasteiger partial charge on any atom is -0.481 e. The van der Waals surface area contributed by atoms with Crippen molar-refractivity contribution in [3.63, 3.8) is 0 Å². The number of hydrogen-bond acceptors (Lipinski definition) is 11. The molecule has 2 aromatic heterocycles. The SMILES string of the molecule is CN(Cc1cnc2nc(N)nc(NC(=O)OC3C=CCCCCC3)c2n1)c1ccc(C(=O)N[C@@H](CCC(=O)O)C(=O)O)cc1. The average Bonchev–Trinajstić information content (AvgIpc) is 2.96. The molecule has 232 valence electrons. The Balaban J connectivity index is 1.43. The van der Waals surface area contributed by atoms with E-state index in [1.165, 1.54) is 18.3 Å². The highest BCUT2D eigenvalue weighted by molar-refractivity contribution is 5.97. The van der Waals surface area contributed by atoms with Crippen molar-refractivity contribution in [2.75, 3.05) is 23.0 Å². The van der Waals surface area contributed by atoms with Crippen LogP contribution in [-0.2, 0) is 20.9 Å². The van der Waals surface area contributed by atoms with E-state index >= 15 is 0 Å². The summed E-state index contributed by atoms with van der Waals surface area (Å²) in [5.74, 6) is -3.12. The lowest BCUT2D eigenvalue weighted by Crippen LogP contribution is -2.41. The van der Waals surface area contributed by atoms with E-state index in [-0.39, 0.29) is 47.6 Å². The lowest BCUT2D eigenvalue weighted by atomic mass is 10.0. The number of anilines is 3. The number of hydrogen-bond donors (Lipinski definition) is 5. The molecule has 1 aromatic carbocycles. The average molecular weight is 607 g/mol. The van der Waals surface area contributed by atoms with Crippen molar-refractivity contribution in [1.29, 1.82) is 0 Å². The third-order valence-electron chi connectivity index (χ3n) is 6.88. The van der Waals surface area contributed by atoms with Gasteiger partial charge in [0.25, 0.3) is 5.91 Å². The van der Waals surface area contributed by atoms with E-state index in [0.717, 1.165) is 32.1 Å². The lowest BCUT2D eigenvalue weighted by Gasteiger charge is -2.20. The summed E-state index contributed by atoms with van der Waals surface area (Å²) in [5, 5.41) is 23.1. The standard InChI is InChI=1S/C29H34N8O7/c1-37(19-11-9-17(10-12-19)26(40)33-21(27(41)42)13-14-22(38)39)16-18-15-31-24-23(32-18)25(35-28(30)34-24)36-29(43)44-20-7-5-3-2-4-6-8-20/h5,7,9-12,15,20-21H,2-4,6,8,13-14,16H2,1H3,(H,33,40)(H,38,39)(H,41,42)(H3,30,31,34,35,36,43)/t20?,21-/m0/s1. The van der Waals surface area contributed by atoms with Crippen molar-refractivity contribution in [1.82, 2.24) is 25.3 Å². The Kier molecular flexibility index (Phi) is 10.6. The van der Waals surface area contributed by atoms with Gasteiger partial charge >= 0.3 is 18.0 Å². The highest BCUT2D eigenvalue weighted by Crippen LogP contribution is 2.22. The summed E-state index contributed by atoms with van der Waals surface area (Å²) in [5.41, 5.74) is 7.72. The van der Waals surface area contributed by atoms with E-state index in [4.69, 9.17) is 15.6 Å². The third-order valence-corrected chi connectivity index (χ3v) is 6.88. The van der Waals surface area contributed by atoms with Crippen molar-refractivity contribution < 1.29 is 34.1 Å². The third kappa shape index (κ3) is 8.83. The van der Waals surface area contributed by atoms with Crippen LogP contribution in [0, 0.1) is 0 Å². The minimum atomic E-state index is -1.33. The number of aliphatic carboxylic acids is 2. The highest BCUT2D eigenvalue weighted by atomic mass is 16.6. The highest BCUT2D eigenvalue weighted by Gasteiger charge is 2.22. The van der Waals surface area contributed by atoms with Gasteiger partial charge in [-0.15, -0.1) is 0 Å². The van der Waals surface area contributed by atoms with Crippen molar-refractivity contribution in [3.8, 4) is 0 Å². The normalized spacial score (nSPS) is 15.4. The fourth-order valence-corrected chi connectivity index (χ4v) is 4.58. The van der Waals surface area contributed by atoms with Gasteiger partial charge in [-0.1, -0.05) is 12.5 Å². The summed E-state index contributed by atoms with van der Waals surface area (Å²) in [6, 6.07) is 5.07. The zero-order valence-electron chi connectivity index (χ0n) is 24.1. The van der Waals surface area contributed by atoms with Gasteiger partial charge in [-0.05, 0) is 62.4 Å². The molecule has 15 nitrogen and oxygen atoms in total. The molecule has 0 radical (unpaired) electrons. The van der Waals surface area contributed by atoms with Crippen LogP contribution in [0.3, 0.4) is 0 Å². The molecule has 2 amide bonds. The van der Waals surface area contributed by atoms with Crippen LogP contribution in [0.4, 0.5) is 22.2 Å². The number of aromatic nitrogens is 4. The van der Waals surface area contributed by atoms with Crippen LogP contribution in [-0.4, -0.2) is 73.3 Å². The number of nitrogens with two attached hydrogens (primary N) is 1. The number of fused-ring (bicyclic) bond motifs is 1. The number of nitrogen functional groups attached to an aromatic ring is 1. The molecule has 0 saturated carbocycles. The van der Waals surface area contributed by atoms with Gasteiger partial charge in [0.2, 0.25) is 5.95 Å². The summed E-state index contributed by atoms with van der Waals surface area (Å²) in [6.07, 6.45) is 8.61. The van der Waals surface area contributed by atoms with Crippen LogP contribution in [0.2, 0.25) is 0 Å². The second-order valence-corrected chi connectivity index (χ2v) is 10.3. The van der Waals surface area contributed by atoms with Gasteiger partial charge in [0.1, 0.15) is 12.1 Å². The Morgan fingerprint density at radius 1 is 1.09 bits per heavy atom. The van der Waals surface area contributed by atoms with Crippen molar-refractivity contribution in [2.24, 2.45) is 0 Å². The number of rotatable bonds is 11. The Bertz CT molecular complexity index is 1550. The molecule has 0 aliphatic heterocycles. The first-order valence-corrected chi connectivity index (χ1v) is 14.1. The molecular formula is C29H34N8O7. The first kappa shape index (κ1) is 31.6. The van der Waals surface area contributed by atoms with E-state index in [1.807, 2.05) is 17.1 Å². The van der Waals surface area contributed by atoms with Gasteiger partial charge in [-0.2, -0.15) is 9.97 Å². The summed E-state index contributed by atoms with van der Waals surface area (Å²) < 4.78 is 5.58. The molecule has 1 unspecified atom stereocenters. The summed E-state index contributed by atoms with van der Waals surface area (Å²) in [4.78, 5) is 66.5. The van der Waals surface area contributed by atoms with Crippen LogP contribution in [0.15, 0.2) is 42.6 Å². The minimum absolute atomic E-state index is 0.0720. The molecule has 44 heavy (non-hydrogen) atoms. The molecule has 0 bridgehead atoms. The predicted molar refractivity (Wildman–Crippen MR) is 160 cm³/mol. The van der Waals surface area contributed by atoms with E-state index in [2.05, 4.69) is 30.6 Å². The Morgan fingerprint density at radius 2 is 1.86 bits per heavy atom. The van der Waals surface area contributed by atoms with E-state index < -0.39 is 36.4 Å². The molecule has 1 aliphatic rings. The molecule has 15 heteroatoms. The maximum atomic E-state index is 12.7.